The van der Waals surface area contributed by atoms with Crippen LogP contribution in [0.5, 0.6) is 0 Å². The van der Waals surface area contributed by atoms with Crippen molar-refractivity contribution in [1.82, 2.24) is 10.2 Å². The second-order valence-corrected chi connectivity index (χ2v) is 14.3. The maximum atomic E-state index is 14.1. The van der Waals surface area contributed by atoms with Crippen molar-refractivity contribution in [3.8, 4) is 0 Å². The third-order valence-corrected chi connectivity index (χ3v) is 9.28. The van der Waals surface area contributed by atoms with Crippen LogP contribution in [-0.2, 0) is 26.2 Å². The molecule has 0 radical (unpaired) electrons. The van der Waals surface area contributed by atoms with Crippen LogP contribution in [0.15, 0.2) is 76.1 Å². The minimum Gasteiger partial charge on any atom is -0.350 e. The second kappa shape index (κ2) is 13.6. The number of benzene rings is 3. The van der Waals surface area contributed by atoms with Gasteiger partial charge in [0.25, 0.3) is 10.0 Å². The van der Waals surface area contributed by atoms with Crippen LogP contribution < -0.4 is 9.62 Å². The predicted octanol–water partition coefficient (Wildman–Crippen LogP) is 6.98. The molecule has 0 aliphatic rings. The SMILES string of the molecule is CC[C@@H](C(=O)NC(C)(C)C)N(Cc1ccc(Cl)c(Cl)c1)C(=O)CN(c1ccc(Br)cc1)S(=O)(=O)c1ccc(C)cc1. The van der Waals surface area contributed by atoms with Crippen molar-refractivity contribution >= 4 is 66.7 Å². The second-order valence-electron chi connectivity index (χ2n) is 10.7. The Balaban J connectivity index is 2.08. The van der Waals surface area contributed by atoms with Crippen molar-refractivity contribution in [3.05, 3.63) is 92.4 Å². The van der Waals surface area contributed by atoms with E-state index in [1.807, 2.05) is 27.7 Å². The summed E-state index contributed by atoms with van der Waals surface area (Å²) >= 11 is 15.7. The monoisotopic (exact) mass is 681 g/mol. The summed E-state index contributed by atoms with van der Waals surface area (Å²) in [5.74, 6) is -0.893. The minimum atomic E-state index is -4.15. The Morgan fingerprint density at radius 3 is 2.10 bits per heavy atom. The zero-order valence-corrected chi connectivity index (χ0v) is 27.5. The maximum absolute atomic E-state index is 14.1. The first-order valence-corrected chi connectivity index (χ1v) is 16.0. The van der Waals surface area contributed by atoms with Crippen LogP contribution in [0.25, 0.3) is 0 Å². The standard InChI is InChI=1S/C30H34BrCl2N3O4S/c1-6-27(29(38)34-30(3,4)5)35(18-21-9-16-25(32)26(33)17-21)28(37)19-36(23-12-10-22(31)11-13-23)41(39,40)24-14-7-20(2)8-15-24/h7-17,27H,6,18-19H2,1-5H3,(H,34,38)/t27-/m0/s1. The predicted molar refractivity (Wildman–Crippen MR) is 169 cm³/mol. The third kappa shape index (κ3) is 8.70. The molecule has 0 spiro atoms. The first-order chi connectivity index (χ1) is 19.1. The smallest absolute Gasteiger partial charge is 0.264 e. The summed E-state index contributed by atoms with van der Waals surface area (Å²) < 4.78 is 29.7. The van der Waals surface area contributed by atoms with Gasteiger partial charge >= 0.3 is 0 Å². The van der Waals surface area contributed by atoms with Crippen molar-refractivity contribution in [2.45, 2.75) is 64.1 Å². The Labute approximate surface area is 261 Å². The summed E-state index contributed by atoms with van der Waals surface area (Å²) in [6.07, 6.45) is 0.304. The molecule has 0 fully saturated rings. The number of sulfonamides is 1. The van der Waals surface area contributed by atoms with E-state index in [4.69, 9.17) is 23.2 Å². The molecule has 0 aliphatic carbocycles. The molecule has 0 bridgehead atoms. The number of halogens is 3. The topological polar surface area (TPSA) is 86.8 Å². The number of hydrogen-bond donors (Lipinski definition) is 1. The highest BCUT2D eigenvalue weighted by Crippen LogP contribution is 2.28. The van der Waals surface area contributed by atoms with Gasteiger partial charge in [0, 0.05) is 16.6 Å². The zero-order valence-electron chi connectivity index (χ0n) is 23.6. The fourth-order valence-corrected chi connectivity index (χ4v) is 6.18. The van der Waals surface area contributed by atoms with Crippen molar-refractivity contribution in [3.63, 3.8) is 0 Å². The average molecular weight is 683 g/mol. The lowest BCUT2D eigenvalue weighted by atomic mass is 10.1. The molecule has 1 N–H and O–H groups in total. The van der Waals surface area contributed by atoms with Gasteiger partial charge in [-0.15, -0.1) is 0 Å². The molecule has 7 nitrogen and oxygen atoms in total. The van der Waals surface area contributed by atoms with Gasteiger partial charge in [0.15, 0.2) is 0 Å². The summed E-state index contributed by atoms with van der Waals surface area (Å²) in [6, 6.07) is 17.2. The number of nitrogens with zero attached hydrogens (tertiary/aromatic N) is 2. The Kier molecular flexibility index (Phi) is 10.9. The summed E-state index contributed by atoms with van der Waals surface area (Å²) in [6.45, 7) is 8.71. The fourth-order valence-electron chi connectivity index (χ4n) is 4.18. The Bertz CT molecular complexity index is 1490. The van der Waals surface area contributed by atoms with Crippen LogP contribution in [0, 0.1) is 6.92 Å². The van der Waals surface area contributed by atoms with Crippen LogP contribution in [0.3, 0.4) is 0 Å². The van der Waals surface area contributed by atoms with Crippen molar-refractivity contribution in [2.24, 2.45) is 0 Å². The number of carbonyl (C=O) groups excluding carboxylic acids is 2. The van der Waals surface area contributed by atoms with E-state index in [1.54, 1.807) is 61.5 Å². The van der Waals surface area contributed by atoms with Crippen LogP contribution >= 0.6 is 39.1 Å². The molecule has 1 atom stereocenters. The molecule has 3 aromatic rings. The molecule has 2 amide bonds. The molecule has 0 heterocycles. The Morgan fingerprint density at radius 1 is 0.951 bits per heavy atom. The van der Waals surface area contributed by atoms with E-state index >= 15 is 0 Å². The summed E-state index contributed by atoms with van der Waals surface area (Å²) in [7, 11) is -4.15. The molecule has 220 valence electrons. The van der Waals surface area contributed by atoms with Gasteiger partial charge in [0.05, 0.1) is 20.6 Å². The highest BCUT2D eigenvalue weighted by Gasteiger charge is 2.34. The van der Waals surface area contributed by atoms with Crippen molar-refractivity contribution in [1.29, 1.82) is 0 Å². The van der Waals surface area contributed by atoms with E-state index in [2.05, 4.69) is 21.2 Å². The molecule has 41 heavy (non-hydrogen) atoms. The van der Waals surface area contributed by atoms with Gasteiger partial charge in [0.1, 0.15) is 12.6 Å². The van der Waals surface area contributed by atoms with Crippen LogP contribution in [-0.4, -0.2) is 43.3 Å². The van der Waals surface area contributed by atoms with E-state index in [0.29, 0.717) is 27.7 Å². The fraction of sp³-hybridized carbons (Fsp3) is 0.333. The molecular weight excluding hydrogens is 649 g/mol. The highest BCUT2D eigenvalue weighted by molar-refractivity contribution is 9.10. The van der Waals surface area contributed by atoms with Gasteiger partial charge in [-0.25, -0.2) is 8.42 Å². The number of hydrogen-bond acceptors (Lipinski definition) is 4. The molecule has 3 rings (SSSR count). The average Bonchev–Trinajstić information content (AvgIpc) is 2.89. The van der Waals surface area contributed by atoms with Crippen LogP contribution in [0.1, 0.15) is 45.2 Å². The number of carbonyl (C=O) groups is 2. The number of amides is 2. The molecular formula is C30H34BrCl2N3O4S. The molecule has 11 heteroatoms. The first kappa shape index (κ1) is 32.9. The normalized spacial score (nSPS) is 12.5. The lowest BCUT2D eigenvalue weighted by Crippen LogP contribution is -2.55. The minimum absolute atomic E-state index is 0.0184. The molecule has 0 saturated heterocycles. The van der Waals surface area contributed by atoms with E-state index in [0.717, 1.165) is 14.3 Å². The summed E-state index contributed by atoms with van der Waals surface area (Å²) in [5, 5.41) is 3.61. The van der Waals surface area contributed by atoms with Crippen molar-refractivity contribution < 1.29 is 18.0 Å². The van der Waals surface area contributed by atoms with E-state index in [-0.39, 0.29) is 17.3 Å². The first-order valence-electron chi connectivity index (χ1n) is 13.0. The number of nitrogens with one attached hydrogen (secondary N) is 1. The molecule has 0 aliphatic heterocycles. The lowest BCUT2D eigenvalue weighted by molar-refractivity contribution is -0.141. The van der Waals surface area contributed by atoms with Gasteiger partial charge in [-0.2, -0.15) is 0 Å². The van der Waals surface area contributed by atoms with Gasteiger partial charge in [0.2, 0.25) is 11.8 Å². The van der Waals surface area contributed by atoms with Crippen molar-refractivity contribution in [2.75, 3.05) is 10.8 Å². The number of anilines is 1. The van der Waals surface area contributed by atoms with E-state index in [9.17, 15) is 18.0 Å². The number of aryl methyl sites for hydroxylation is 1. The quantitative estimate of drug-likeness (QED) is 0.250. The summed E-state index contributed by atoms with van der Waals surface area (Å²) in [5.41, 5.74) is 1.31. The van der Waals surface area contributed by atoms with Crippen LogP contribution in [0.4, 0.5) is 5.69 Å². The largest absolute Gasteiger partial charge is 0.350 e. The zero-order chi connectivity index (χ0) is 30.5. The van der Waals surface area contributed by atoms with Gasteiger partial charge in [-0.05, 0) is 88.2 Å². The van der Waals surface area contributed by atoms with Gasteiger partial charge in [-0.1, -0.05) is 69.8 Å². The van der Waals surface area contributed by atoms with E-state index in [1.165, 1.54) is 17.0 Å². The number of rotatable bonds is 10. The Hall–Kier alpha value is -2.59. The Morgan fingerprint density at radius 2 is 1.56 bits per heavy atom. The van der Waals surface area contributed by atoms with Crippen LogP contribution in [0.2, 0.25) is 10.0 Å². The third-order valence-electron chi connectivity index (χ3n) is 6.22. The molecule has 3 aromatic carbocycles. The molecule has 0 saturated carbocycles. The van der Waals surface area contributed by atoms with Gasteiger partial charge in [-0.3, -0.25) is 13.9 Å². The summed E-state index contributed by atoms with van der Waals surface area (Å²) in [4.78, 5) is 29.0. The van der Waals surface area contributed by atoms with E-state index < -0.39 is 34.1 Å². The maximum Gasteiger partial charge on any atom is 0.264 e. The lowest BCUT2D eigenvalue weighted by Gasteiger charge is -2.34. The highest BCUT2D eigenvalue weighted by atomic mass is 79.9. The molecule has 0 aromatic heterocycles. The molecule has 0 unspecified atom stereocenters. The van der Waals surface area contributed by atoms with Gasteiger partial charge < -0.3 is 10.2 Å².